The van der Waals surface area contributed by atoms with Crippen molar-refractivity contribution in [2.24, 2.45) is 0 Å². The minimum atomic E-state index is -0.396. The van der Waals surface area contributed by atoms with E-state index in [1.807, 2.05) is 0 Å². The van der Waals surface area contributed by atoms with Gasteiger partial charge in [-0.1, -0.05) is 6.58 Å². The van der Waals surface area contributed by atoms with E-state index in [2.05, 4.69) is 27.8 Å². The van der Waals surface area contributed by atoms with Crippen LogP contribution in [0.15, 0.2) is 11.1 Å². The van der Waals surface area contributed by atoms with E-state index in [1.54, 1.807) is 0 Å². The lowest BCUT2D eigenvalue weighted by Crippen LogP contribution is -2.23. The zero-order valence-electron chi connectivity index (χ0n) is 4.15. The van der Waals surface area contributed by atoms with Gasteiger partial charge in [-0.25, -0.2) is 0 Å². The smallest absolute Gasteiger partial charge is 0.259 e. The van der Waals surface area contributed by atoms with Gasteiger partial charge in [-0.2, -0.15) is 0 Å². The minimum absolute atomic E-state index is 0.214. The Bertz CT molecular complexity index is 113. The Balaban J connectivity index is 3.49. The molecule has 0 fully saturated rings. The third-order valence-electron chi connectivity index (χ3n) is 0.486. The molecule has 0 saturated carbocycles. The van der Waals surface area contributed by atoms with Gasteiger partial charge in [0.2, 0.25) is 0 Å². The maximum Gasteiger partial charge on any atom is 0.259 e. The van der Waals surface area contributed by atoms with Gasteiger partial charge in [-0.15, -0.1) is 0 Å². The van der Waals surface area contributed by atoms with Crippen LogP contribution in [0.2, 0.25) is 0 Å². The van der Waals surface area contributed by atoms with Crippen LogP contribution in [0.3, 0.4) is 0 Å². The number of rotatable bonds is 2. The van der Waals surface area contributed by atoms with Gasteiger partial charge in [0.05, 0.1) is 4.48 Å². The van der Waals surface area contributed by atoms with E-state index >= 15 is 0 Å². The molecule has 0 atom stereocenters. The SMILES string of the molecule is C=C(Br)C(=O)NCO. The molecule has 0 aliphatic rings. The zero-order valence-corrected chi connectivity index (χ0v) is 5.73. The van der Waals surface area contributed by atoms with Crippen LogP contribution in [-0.4, -0.2) is 17.7 Å². The molecule has 0 aliphatic heterocycles. The van der Waals surface area contributed by atoms with Crippen LogP contribution in [0.5, 0.6) is 0 Å². The number of carbonyl (C=O) groups is 1. The topological polar surface area (TPSA) is 49.3 Å². The van der Waals surface area contributed by atoms with Gasteiger partial charge >= 0.3 is 0 Å². The molecule has 0 aromatic carbocycles. The highest BCUT2D eigenvalue weighted by atomic mass is 79.9. The molecule has 0 aliphatic carbocycles. The van der Waals surface area contributed by atoms with Crippen LogP contribution < -0.4 is 5.32 Å². The molecule has 0 aromatic rings. The lowest BCUT2D eigenvalue weighted by Gasteiger charge is -1.95. The van der Waals surface area contributed by atoms with Gasteiger partial charge in [0.25, 0.3) is 5.91 Å². The molecule has 1 amide bonds. The molecule has 46 valence electrons. The van der Waals surface area contributed by atoms with Crippen LogP contribution in [0.25, 0.3) is 0 Å². The summed E-state index contributed by atoms with van der Waals surface area (Å²) in [5, 5.41) is 10.2. The van der Waals surface area contributed by atoms with E-state index in [-0.39, 0.29) is 11.2 Å². The maximum absolute atomic E-state index is 10.3. The number of carbonyl (C=O) groups excluding carboxylic acids is 1. The molecule has 0 radical (unpaired) electrons. The van der Waals surface area contributed by atoms with E-state index in [1.165, 1.54) is 0 Å². The number of aliphatic hydroxyl groups excluding tert-OH is 1. The fraction of sp³-hybridized carbons (Fsp3) is 0.250. The van der Waals surface area contributed by atoms with E-state index in [9.17, 15) is 4.79 Å². The molecule has 8 heavy (non-hydrogen) atoms. The average Bonchev–Trinajstić information content (AvgIpc) is 1.67. The van der Waals surface area contributed by atoms with Gasteiger partial charge in [0.15, 0.2) is 0 Å². The Labute approximate surface area is 55.5 Å². The van der Waals surface area contributed by atoms with Crippen molar-refractivity contribution in [2.45, 2.75) is 0 Å². The van der Waals surface area contributed by atoms with Crippen molar-refractivity contribution in [3.8, 4) is 0 Å². The largest absolute Gasteiger partial charge is 0.376 e. The molecular formula is C4H6BrNO2. The van der Waals surface area contributed by atoms with Crippen LogP contribution in [0.4, 0.5) is 0 Å². The number of halogens is 1. The number of amides is 1. The predicted molar refractivity (Wildman–Crippen MR) is 33.3 cm³/mol. The van der Waals surface area contributed by atoms with Crippen LogP contribution >= 0.6 is 15.9 Å². The lowest BCUT2D eigenvalue weighted by molar-refractivity contribution is -0.117. The Hall–Kier alpha value is -0.350. The van der Waals surface area contributed by atoms with Gasteiger partial charge in [0.1, 0.15) is 6.73 Å². The monoisotopic (exact) mass is 179 g/mol. The van der Waals surface area contributed by atoms with Crippen LogP contribution in [0.1, 0.15) is 0 Å². The van der Waals surface area contributed by atoms with Crippen LogP contribution in [0, 0.1) is 0 Å². The Morgan fingerprint density at radius 1 is 1.88 bits per heavy atom. The molecule has 0 unspecified atom stereocenters. The molecule has 4 heteroatoms. The number of nitrogens with one attached hydrogen (secondary N) is 1. The third-order valence-corrected chi connectivity index (χ3v) is 0.846. The lowest BCUT2D eigenvalue weighted by atomic mass is 10.6. The fourth-order valence-electron chi connectivity index (χ4n) is 0.168. The average molecular weight is 180 g/mol. The van der Waals surface area contributed by atoms with E-state index in [0.29, 0.717) is 0 Å². The normalized spacial score (nSPS) is 8.25. The van der Waals surface area contributed by atoms with Gasteiger partial charge < -0.3 is 10.4 Å². The molecule has 0 saturated heterocycles. The number of hydrogen-bond donors (Lipinski definition) is 2. The summed E-state index contributed by atoms with van der Waals surface area (Å²) in [5.74, 6) is -0.396. The Morgan fingerprint density at radius 2 is 2.38 bits per heavy atom. The minimum Gasteiger partial charge on any atom is -0.376 e. The van der Waals surface area contributed by atoms with E-state index in [0.717, 1.165) is 0 Å². The molecule has 3 nitrogen and oxygen atoms in total. The Kier molecular flexibility index (Phi) is 3.47. The highest BCUT2D eigenvalue weighted by Crippen LogP contribution is 1.97. The summed E-state index contributed by atoms with van der Waals surface area (Å²) in [5.41, 5.74) is 0. The second-order valence-corrected chi connectivity index (χ2v) is 2.03. The molecular weight excluding hydrogens is 174 g/mol. The highest BCUT2D eigenvalue weighted by Gasteiger charge is 1.97. The zero-order chi connectivity index (χ0) is 6.57. The van der Waals surface area contributed by atoms with Crippen molar-refractivity contribution >= 4 is 21.8 Å². The molecule has 0 bridgehead atoms. The van der Waals surface area contributed by atoms with Gasteiger partial charge in [-0.3, -0.25) is 4.79 Å². The first-order chi connectivity index (χ1) is 3.68. The number of hydrogen-bond acceptors (Lipinski definition) is 2. The summed E-state index contributed by atoms with van der Waals surface area (Å²) in [6.45, 7) is 2.91. The molecule has 0 spiro atoms. The summed E-state index contributed by atoms with van der Waals surface area (Å²) in [6.07, 6.45) is 0. The number of aliphatic hydroxyl groups is 1. The second-order valence-electron chi connectivity index (χ2n) is 1.07. The molecule has 0 aromatic heterocycles. The van der Waals surface area contributed by atoms with Crippen molar-refractivity contribution < 1.29 is 9.90 Å². The van der Waals surface area contributed by atoms with Crippen molar-refractivity contribution in [3.05, 3.63) is 11.1 Å². The third kappa shape index (κ3) is 2.76. The van der Waals surface area contributed by atoms with Crippen molar-refractivity contribution in [3.63, 3.8) is 0 Å². The summed E-state index contributed by atoms with van der Waals surface area (Å²) in [4.78, 5) is 10.3. The fourth-order valence-corrected chi connectivity index (χ4v) is 0.308. The molecule has 0 heterocycles. The second kappa shape index (κ2) is 3.63. The first-order valence-corrected chi connectivity index (χ1v) is 2.71. The summed E-state index contributed by atoms with van der Waals surface area (Å²) in [7, 11) is 0. The van der Waals surface area contributed by atoms with Crippen molar-refractivity contribution in [1.82, 2.24) is 5.32 Å². The van der Waals surface area contributed by atoms with E-state index < -0.39 is 5.91 Å². The van der Waals surface area contributed by atoms with E-state index in [4.69, 9.17) is 5.11 Å². The highest BCUT2D eigenvalue weighted by molar-refractivity contribution is 9.12. The van der Waals surface area contributed by atoms with Crippen molar-refractivity contribution in [2.75, 3.05) is 6.73 Å². The van der Waals surface area contributed by atoms with Gasteiger partial charge in [-0.05, 0) is 15.9 Å². The first kappa shape index (κ1) is 7.65. The summed E-state index contributed by atoms with van der Waals surface area (Å²) in [6, 6.07) is 0. The molecule has 0 rings (SSSR count). The van der Waals surface area contributed by atoms with Gasteiger partial charge in [0, 0.05) is 0 Å². The summed E-state index contributed by atoms with van der Waals surface area (Å²) < 4.78 is 0.214. The first-order valence-electron chi connectivity index (χ1n) is 1.92. The van der Waals surface area contributed by atoms with Crippen molar-refractivity contribution in [1.29, 1.82) is 0 Å². The molecule has 2 N–H and O–H groups in total. The predicted octanol–water partition coefficient (Wildman–Crippen LogP) is -0.0390. The standard InChI is InChI=1S/C4H6BrNO2/c1-3(5)4(8)6-2-7/h7H,1-2H2,(H,6,8). The van der Waals surface area contributed by atoms with Crippen LogP contribution in [-0.2, 0) is 4.79 Å². The maximum atomic E-state index is 10.3. The summed E-state index contributed by atoms with van der Waals surface area (Å²) >= 11 is 2.82. The Morgan fingerprint density at radius 3 is 2.50 bits per heavy atom. The quantitative estimate of drug-likeness (QED) is 0.462.